The number of likely N-dealkylation sites (N-methyl/N-ethyl adjacent to an activating group) is 1. The second-order valence-corrected chi connectivity index (χ2v) is 22.7. The molecule has 392 valence electrons. The van der Waals surface area contributed by atoms with Gasteiger partial charge >= 0.3 is 11.9 Å². The Kier molecular flexibility index (Phi) is 19.3. The Bertz CT molecular complexity index is 2100. The van der Waals surface area contributed by atoms with Crippen LogP contribution in [0.5, 0.6) is 11.5 Å². The Labute approximate surface area is 429 Å². The summed E-state index contributed by atoms with van der Waals surface area (Å²) in [6.07, 6.45) is 3.51. The molecule has 3 aliphatic heterocycles. The zero-order chi connectivity index (χ0) is 51.4. The van der Waals surface area contributed by atoms with Crippen molar-refractivity contribution in [1.82, 2.24) is 9.88 Å². The summed E-state index contributed by atoms with van der Waals surface area (Å²) >= 11 is 14.8. The Morgan fingerprint density at radius 1 is 0.929 bits per heavy atom. The van der Waals surface area contributed by atoms with Gasteiger partial charge in [-0.05, 0) is 99.4 Å². The van der Waals surface area contributed by atoms with Crippen LogP contribution in [0.15, 0.2) is 30.6 Å². The largest absolute Gasteiger partial charge is 0.493 e. The van der Waals surface area contributed by atoms with Crippen LogP contribution in [0.4, 0.5) is 5.69 Å². The number of aliphatic hydroxyl groups is 1. The molecule has 0 unspecified atom stereocenters. The number of aliphatic hydroxyl groups excluding tert-OH is 1. The maximum Gasteiger partial charge on any atom is 0.320 e. The van der Waals surface area contributed by atoms with Crippen LogP contribution in [0.2, 0.25) is 10.0 Å². The fourth-order valence-corrected chi connectivity index (χ4v) is 13.2. The van der Waals surface area contributed by atoms with E-state index in [1.54, 1.807) is 61.4 Å². The number of Topliss-reactive ketones (excluding diaryl/α,β-unsaturated/α-hetero) is 1. The molecule has 18 heteroatoms. The zero-order valence-electron chi connectivity index (χ0n) is 43.3. The molecule has 1 N–H and O–H groups in total. The number of benzene rings is 1. The molecule has 15 atom stereocenters. The first kappa shape index (κ1) is 56.4. The zero-order valence-corrected chi connectivity index (χ0v) is 45.6. The molecular weight excluding hydrogens is 962 g/mol. The van der Waals surface area contributed by atoms with Crippen LogP contribution in [0.1, 0.15) is 99.5 Å². The normalized spacial score (nSPS) is 35.8. The summed E-state index contributed by atoms with van der Waals surface area (Å²) in [4.78, 5) is 52.0. The van der Waals surface area contributed by atoms with Gasteiger partial charge in [0.2, 0.25) is 0 Å². The molecule has 0 amide bonds. The van der Waals surface area contributed by atoms with Crippen molar-refractivity contribution < 1.29 is 57.4 Å². The van der Waals surface area contributed by atoms with Gasteiger partial charge in [0, 0.05) is 92.5 Å². The Morgan fingerprint density at radius 3 is 2.21 bits per heavy atom. The number of hydrogen-bond acceptors (Lipinski definition) is 16. The van der Waals surface area contributed by atoms with Gasteiger partial charge in [-0.2, -0.15) is 0 Å². The molecule has 4 heterocycles. The van der Waals surface area contributed by atoms with Crippen molar-refractivity contribution in [3.8, 4) is 11.5 Å². The molecule has 4 fully saturated rings. The van der Waals surface area contributed by atoms with E-state index in [9.17, 15) is 14.7 Å². The highest BCUT2D eigenvalue weighted by Gasteiger charge is 2.61. The predicted molar refractivity (Wildman–Crippen MR) is 271 cm³/mol. The molecule has 0 spiro atoms. The van der Waals surface area contributed by atoms with Crippen LogP contribution in [0.25, 0.3) is 0 Å². The van der Waals surface area contributed by atoms with E-state index in [0.29, 0.717) is 52.4 Å². The molecule has 2 aromatic rings. The van der Waals surface area contributed by atoms with Crippen molar-refractivity contribution in [1.29, 1.82) is 0 Å². The standard InChI is InChI=1S/C52H77Cl2N3O12S/c1-28-24-51(7,64-13)47(68-50-45(63-12)39(56(9)10)22-29(2)65-50)31(4)44(59)32(5)48(60)66-33(6)52(8)42(30(3)43(28)58)46(49(61)69-52)70-21-20-57(27-36-37(53)25-55-26-38(36)54)34-18-19-40(62-11)41(23-34)67-35-16-14-15-17-35/h18-19,23,25-26,28-33,35,39,42,44-47,50,59H,14-17,20-22,24,27H2,1-13H3/t28-,29-,30-,31+,32-,33-,39+,42+,44+,45-,46+,47-,50+,51-,52-/m1/s1. The minimum Gasteiger partial charge on any atom is -0.493 e. The summed E-state index contributed by atoms with van der Waals surface area (Å²) in [5.41, 5.74) is -1.11. The van der Waals surface area contributed by atoms with Crippen molar-refractivity contribution in [3.05, 3.63) is 46.2 Å². The number of esters is 2. The van der Waals surface area contributed by atoms with Crippen LogP contribution in [0, 0.1) is 29.6 Å². The van der Waals surface area contributed by atoms with Gasteiger partial charge in [-0.1, -0.05) is 44.0 Å². The third-order valence-electron chi connectivity index (χ3n) is 15.7. The number of pyridine rings is 1. The molecule has 15 nitrogen and oxygen atoms in total. The fourth-order valence-electron chi connectivity index (χ4n) is 11.3. The van der Waals surface area contributed by atoms with Crippen LogP contribution < -0.4 is 14.4 Å². The Morgan fingerprint density at radius 2 is 1.60 bits per heavy atom. The average molecular weight is 1040 g/mol. The van der Waals surface area contributed by atoms with Crippen LogP contribution in [-0.2, 0) is 49.3 Å². The number of thioether (sulfide) groups is 1. The van der Waals surface area contributed by atoms with E-state index in [0.717, 1.165) is 31.4 Å². The first-order chi connectivity index (χ1) is 33.1. The molecule has 1 aromatic heterocycles. The number of fused-ring (bicyclic) bond motifs is 1. The number of carbonyl (C=O) groups is 3. The van der Waals surface area contributed by atoms with Gasteiger partial charge in [0.1, 0.15) is 23.2 Å². The lowest BCUT2D eigenvalue weighted by atomic mass is 9.70. The number of hydrogen-bond donors (Lipinski definition) is 1. The first-order valence-electron chi connectivity index (χ1n) is 24.8. The van der Waals surface area contributed by atoms with E-state index in [2.05, 4.69) is 14.8 Å². The van der Waals surface area contributed by atoms with Crippen molar-refractivity contribution in [3.63, 3.8) is 0 Å². The summed E-state index contributed by atoms with van der Waals surface area (Å²) in [6, 6.07) is 5.75. The fraction of sp³-hybridized carbons (Fsp3) is 0.731. The minimum absolute atomic E-state index is 0.0443. The predicted octanol–water partition coefficient (Wildman–Crippen LogP) is 8.44. The topological polar surface area (TPSA) is 165 Å². The third kappa shape index (κ3) is 12.2. The van der Waals surface area contributed by atoms with Gasteiger partial charge in [-0.25, -0.2) is 0 Å². The van der Waals surface area contributed by atoms with Crippen LogP contribution in [-0.4, -0.2) is 146 Å². The molecule has 3 saturated heterocycles. The Balaban J connectivity index is 1.32. The SMILES string of the molecule is COc1ccc(N(CCS[C@@H]2C(=O)O[C@@]3(C)[C@H]2[C@@H](C)C(=O)[C@H](C)C[C@@](C)(OC)[C@H](O[C@@H]2O[C@H](C)C[C@H](N(C)C)[C@H]2OC)[C@@H](C)[C@H](O)[C@@H](C)C(=O)O[C@@H]3C)Cc2c(Cl)cncc2Cl)cc1OC1CCCC1. The van der Waals surface area contributed by atoms with Gasteiger partial charge in [-0.15, -0.1) is 11.8 Å². The molecule has 1 saturated carbocycles. The summed E-state index contributed by atoms with van der Waals surface area (Å²) in [5.74, 6) is -3.56. The number of ketones is 1. The van der Waals surface area contributed by atoms with Crippen molar-refractivity contribution in [2.24, 2.45) is 29.6 Å². The second-order valence-electron chi connectivity index (χ2n) is 20.7. The summed E-state index contributed by atoms with van der Waals surface area (Å²) in [5, 5.41) is 12.1. The van der Waals surface area contributed by atoms with Gasteiger partial charge in [0.15, 0.2) is 23.4 Å². The maximum atomic E-state index is 15.1. The highest BCUT2D eigenvalue weighted by molar-refractivity contribution is 8.00. The van der Waals surface area contributed by atoms with E-state index in [4.69, 9.17) is 61.1 Å². The average Bonchev–Trinajstić information content (AvgIpc) is 3.93. The number of cyclic esters (lactones) is 1. The van der Waals surface area contributed by atoms with E-state index in [1.165, 1.54) is 11.8 Å². The minimum atomic E-state index is -1.41. The van der Waals surface area contributed by atoms with E-state index < -0.39 is 88.7 Å². The van der Waals surface area contributed by atoms with E-state index in [1.807, 2.05) is 60.0 Å². The monoisotopic (exact) mass is 1040 g/mol. The van der Waals surface area contributed by atoms with Crippen molar-refractivity contribution >= 4 is 58.4 Å². The van der Waals surface area contributed by atoms with E-state index >= 15 is 4.79 Å². The smallest absolute Gasteiger partial charge is 0.320 e. The lowest BCUT2D eigenvalue weighted by Crippen LogP contribution is -2.60. The number of rotatable bonds is 15. The molecule has 0 bridgehead atoms. The second kappa shape index (κ2) is 24.0. The van der Waals surface area contributed by atoms with Gasteiger partial charge in [0.25, 0.3) is 0 Å². The molecule has 6 rings (SSSR count). The number of halogens is 2. The first-order valence-corrected chi connectivity index (χ1v) is 26.6. The summed E-state index contributed by atoms with van der Waals surface area (Å²) < 4.78 is 50.4. The molecule has 1 aliphatic carbocycles. The number of nitrogens with zero attached hydrogens (tertiary/aromatic N) is 3. The van der Waals surface area contributed by atoms with Crippen LogP contribution in [0.3, 0.4) is 0 Å². The number of ether oxygens (including phenoxy) is 8. The molecule has 0 radical (unpaired) electrons. The molecular formula is C52H77Cl2N3O12S. The lowest BCUT2D eigenvalue weighted by molar-refractivity contribution is -0.305. The molecule has 4 aliphatic rings. The quantitative estimate of drug-likeness (QED) is 0.169. The third-order valence-corrected chi connectivity index (χ3v) is 17.6. The van der Waals surface area contributed by atoms with Gasteiger partial charge < -0.3 is 52.8 Å². The lowest BCUT2D eigenvalue weighted by Gasteiger charge is -2.48. The van der Waals surface area contributed by atoms with Gasteiger partial charge in [-0.3, -0.25) is 19.4 Å². The number of aromatic nitrogens is 1. The highest BCUT2D eigenvalue weighted by atomic mass is 35.5. The van der Waals surface area contributed by atoms with E-state index in [-0.39, 0.29) is 30.5 Å². The summed E-state index contributed by atoms with van der Waals surface area (Å²) in [6.45, 7) is 15.1. The number of anilines is 1. The Hall–Kier alpha value is -2.93. The number of methoxy groups -OCH3 is 3. The van der Waals surface area contributed by atoms with Crippen LogP contribution >= 0.6 is 35.0 Å². The number of carbonyl (C=O) groups excluding carboxylic acids is 3. The molecule has 70 heavy (non-hydrogen) atoms. The van der Waals surface area contributed by atoms with Crippen molar-refractivity contribution in [2.75, 3.05) is 52.6 Å². The highest BCUT2D eigenvalue weighted by Crippen LogP contribution is 2.49. The van der Waals surface area contributed by atoms with Gasteiger partial charge in [0.05, 0.1) is 53.1 Å². The van der Waals surface area contributed by atoms with Crippen molar-refractivity contribution in [2.45, 2.75) is 166 Å². The molecule has 1 aromatic carbocycles. The maximum absolute atomic E-state index is 15.1. The summed E-state index contributed by atoms with van der Waals surface area (Å²) in [7, 11) is 8.75.